The highest BCUT2D eigenvalue weighted by Gasteiger charge is 2.41. The average molecular weight is 296 g/mol. The molecule has 0 radical (unpaired) electrons. The summed E-state index contributed by atoms with van der Waals surface area (Å²) in [6, 6.07) is -0.107. The molecule has 0 bridgehead atoms. The van der Waals surface area contributed by atoms with Crippen LogP contribution in [0.4, 0.5) is 4.79 Å². The normalized spacial score (nSPS) is 16.2. The molecule has 6 heteroatoms. The van der Waals surface area contributed by atoms with Gasteiger partial charge in [0.1, 0.15) is 5.82 Å². The van der Waals surface area contributed by atoms with Gasteiger partial charge in [-0.3, -0.25) is 0 Å². The second-order valence-electron chi connectivity index (χ2n) is 5.81. The number of nitrogens with one attached hydrogen (secondary N) is 2. The molecule has 20 heavy (non-hydrogen) atoms. The molecule has 1 aliphatic carbocycles. The van der Waals surface area contributed by atoms with Gasteiger partial charge in [-0.1, -0.05) is 13.8 Å². The van der Waals surface area contributed by atoms with Gasteiger partial charge in [0.25, 0.3) is 0 Å². The number of carbonyl (C=O) groups is 1. The summed E-state index contributed by atoms with van der Waals surface area (Å²) in [5.74, 6) is 1.47. The van der Waals surface area contributed by atoms with Crippen LogP contribution in [0.2, 0.25) is 0 Å². The molecule has 1 aromatic heterocycles. The Bertz CT molecular complexity index is 454. The molecule has 1 fully saturated rings. The first-order valence-corrected chi connectivity index (χ1v) is 8.34. The first-order chi connectivity index (χ1) is 9.54. The van der Waals surface area contributed by atoms with Gasteiger partial charge in [0.2, 0.25) is 0 Å². The van der Waals surface area contributed by atoms with Crippen molar-refractivity contribution in [3.8, 4) is 0 Å². The van der Waals surface area contributed by atoms with E-state index in [-0.39, 0.29) is 6.03 Å². The molecule has 2 N–H and O–H groups in total. The van der Waals surface area contributed by atoms with E-state index >= 15 is 0 Å². The molecule has 0 aliphatic heterocycles. The van der Waals surface area contributed by atoms with Gasteiger partial charge in [0, 0.05) is 30.2 Å². The Labute approximate surface area is 124 Å². The van der Waals surface area contributed by atoms with Crippen LogP contribution in [0.25, 0.3) is 0 Å². The van der Waals surface area contributed by atoms with E-state index in [1.807, 2.05) is 18.0 Å². The van der Waals surface area contributed by atoms with Gasteiger partial charge in [0.05, 0.1) is 6.54 Å². The zero-order chi connectivity index (χ0) is 14.6. The number of urea groups is 1. The van der Waals surface area contributed by atoms with Gasteiger partial charge in [-0.25, -0.2) is 9.78 Å². The molecule has 2 amide bonds. The van der Waals surface area contributed by atoms with E-state index in [0.717, 1.165) is 18.9 Å². The summed E-state index contributed by atoms with van der Waals surface area (Å²) in [5, 5.41) is 5.83. The summed E-state index contributed by atoms with van der Waals surface area (Å²) in [7, 11) is 0. The third-order valence-electron chi connectivity index (χ3n) is 3.58. The number of aromatic nitrogens is 2. The third kappa shape index (κ3) is 4.16. The van der Waals surface area contributed by atoms with E-state index in [1.54, 1.807) is 6.20 Å². The van der Waals surface area contributed by atoms with Crippen LogP contribution in [0.15, 0.2) is 12.4 Å². The van der Waals surface area contributed by atoms with Crippen molar-refractivity contribution in [2.24, 2.45) is 5.92 Å². The monoisotopic (exact) mass is 296 g/mol. The van der Waals surface area contributed by atoms with Crippen molar-refractivity contribution in [1.29, 1.82) is 0 Å². The van der Waals surface area contributed by atoms with Crippen molar-refractivity contribution in [3.63, 3.8) is 0 Å². The predicted molar refractivity (Wildman–Crippen MR) is 82.8 cm³/mol. The molecule has 2 rings (SSSR count). The maximum Gasteiger partial charge on any atom is 0.315 e. The fraction of sp³-hybridized carbons (Fsp3) is 0.714. The Kier molecular flexibility index (Phi) is 4.96. The minimum Gasteiger partial charge on any atom is -0.337 e. The molecule has 0 atom stereocenters. The highest BCUT2D eigenvalue weighted by molar-refractivity contribution is 8.00. The molecule has 0 aromatic carbocycles. The molecule has 1 aliphatic rings. The number of carbonyl (C=O) groups excluding carboxylic acids is 1. The highest BCUT2D eigenvalue weighted by atomic mass is 32.2. The maximum absolute atomic E-state index is 11.8. The maximum atomic E-state index is 11.8. The van der Waals surface area contributed by atoms with E-state index in [0.29, 0.717) is 17.2 Å². The van der Waals surface area contributed by atoms with E-state index < -0.39 is 0 Å². The quantitative estimate of drug-likeness (QED) is 0.811. The van der Waals surface area contributed by atoms with Crippen LogP contribution < -0.4 is 10.6 Å². The van der Waals surface area contributed by atoms with Gasteiger partial charge in [-0.05, 0) is 25.0 Å². The van der Waals surface area contributed by atoms with Crippen molar-refractivity contribution < 1.29 is 4.79 Å². The largest absolute Gasteiger partial charge is 0.337 e. The van der Waals surface area contributed by atoms with Crippen molar-refractivity contribution >= 4 is 17.8 Å². The van der Waals surface area contributed by atoms with Gasteiger partial charge >= 0.3 is 6.03 Å². The number of hydrogen-bond donors (Lipinski definition) is 2. The standard InChI is InChI=1S/C14H24N4OS/c1-11(2)9-18-7-6-15-12(18)8-16-13(19)17-10-14(20-3)4-5-14/h6-7,11H,4-5,8-10H2,1-3H3,(H2,16,17,19). The zero-order valence-electron chi connectivity index (χ0n) is 12.5. The SMILES string of the molecule is CSC1(CNC(=O)NCc2nccn2CC(C)C)CC1. The number of thioether (sulfide) groups is 1. The molecule has 0 spiro atoms. The number of nitrogens with zero attached hydrogens (tertiary/aromatic N) is 2. The minimum absolute atomic E-state index is 0.107. The Morgan fingerprint density at radius 3 is 2.85 bits per heavy atom. The van der Waals surface area contributed by atoms with Crippen molar-refractivity contribution in [2.75, 3.05) is 12.8 Å². The predicted octanol–water partition coefficient (Wildman–Crippen LogP) is 2.23. The topological polar surface area (TPSA) is 59.0 Å². The van der Waals surface area contributed by atoms with E-state index in [4.69, 9.17) is 0 Å². The van der Waals surface area contributed by atoms with Crippen LogP contribution in [0, 0.1) is 5.92 Å². The van der Waals surface area contributed by atoms with Crippen LogP contribution in [0.5, 0.6) is 0 Å². The molecule has 1 heterocycles. The van der Waals surface area contributed by atoms with Crippen molar-refractivity contribution in [2.45, 2.75) is 44.5 Å². The fourth-order valence-electron chi connectivity index (χ4n) is 2.12. The number of rotatable bonds is 7. The summed E-state index contributed by atoms with van der Waals surface area (Å²) in [6.45, 7) is 6.48. The Morgan fingerprint density at radius 2 is 2.25 bits per heavy atom. The lowest BCUT2D eigenvalue weighted by atomic mass is 10.2. The third-order valence-corrected chi connectivity index (χ3v) is 5.00. The minimum atomic E-state index is -0.107. The fourth-order valence-corrected chi connectivity index (χ4v) is 2.85. The molecular weight excluding hydrogens is 272 g/mol. The van der Waals surface area contributed by atoms with Crippen molar-refractivity contribution in [1.82, 2.24) is 20.2 Å². The highest BCUT2D eigenvalue weighted by Crippen LogP contribution is 2.46. The van der Waals surface area contributed by atoms with Crippen LogP contribution >= 0.6 is 11.8 Å². The summed E-state index contributed by atoms with van der Waals surface area (Å²) in [6.07, 6.45) is 8.25. The molecule has 1 aromatic rings. The van der Waals surface area contributed by atoms with Gasteiger partial charge in [0.15, 0.2) is 0 Å². The average Bonchev–Trinajstić information content (AvgIpc) is 3.08. The van der Waals surface area contributed by atoms with Gasteiger partial charge in [-0.15, -0.1) is 0 Å². The van der Waals surface area contributed by atoms with E-state index in [1.165, 1.54) is 12.8 Å². The second kappa shape index (κ2) is 6.52. The van der Waals surface area contributed by atoms with Crippen LogP contribution in [0.1, 0.15) is 32.5 Å². The second-order valence-corrected chi connectivity index (χ2v) is 7.09. The zero-order valence-corrected chi connectivity index (χ0v) is 13.3. The summed E-state index contributed by atoms with van der Waals surface area (Å²) in [4.78, 5) is 16.1. The van der Waals surface area contributed by atoms with E-state index in [9.17, 15) is 4.79 Å². The Morgan fingerprint density at radius 1 is 1.50 bits per heavy atom. The van der Waals surface area contributed by atoms with Crippen LogP contribution in [-0.2, 0) is 13.1 Å². The molecule has 0 unspecified atom stereocenters. The van der Waals surface area contributed by atoms with Gasteiger partial charge in [-0.2, -0.15) is 11.8 Å². The lowest BCUT2D eigenvalue weighted by Crippen LogP contribution is -2.39. The smallest absolute Gasteiger partial charge is 0.315 e. The summed E-state index contributed by atoms with van der Waals surface area (Å²) < 4.78 is 2.39. The van der Waals surface area contributed by atoms with Crippen LogP contribution in [-0.4, -0.2) is 33.1 Å². The summed E-state index contributed by atoms with van der Waals surface area (Å²) in [5.41, 5.74) is 0. The lowest BCUT2D eigenvalue weighted by Gasteiger charge is -2.14. The summed E-state index contributed by atoms with van der Waals surface area (Å²) >= 11 is 1.85. The first-order valence-electron chi connectivity index (χ1n) is 7.11. The van der Waals surface area contributed by atoms with E-state index in [2.05, 4.69) is 40.3 Å². The lowest BCUT2D eigenvalue weighted by molar-refractivity contribution is 0.240. The number of hydrogen-bond acceptors (Lipinski definition) is 3. The van der Waals surface area contributed by atoms with Crippen molar-refractivity contribution in [3.05, 3.63) is 18.2 Å². The van der Waals surface area contributed by atoms with Crippen LogP contribution in [0.3, 0.4) is 0 Å². The Hall–Kier alpha value is -1.17. The molecule has 1 saturated carbocycles. The first kappa shape index (κ1) is 15.2. The molecule has 112 valence electrons. The van der Waals surface area contributed by atoms with Gasteiger partial charge < -0.3 is 15.2 Å². The molecule has 5 nitrogen and oxygen atoms in total. The number of amides is 2. The Balaban J connectivity index is 1.74. The molecular formula is C14H24N4OS. The number of imidazole rings is 1. The molecule has 0 saturated heterocycles.